The minimum Gasteiger partial charge on any atom is -0.496 e. The largest absolute Gasteiger partial charge is 0.496 e. The summed E-state index contributed by atoms with van der Waals surface area (Å²) in [4.78, 5) is 16.1. The minimum atomic E-state index is -0.119. The average Bonchev–Trinajstić information content (AvgIpc) is 3.49. The lowest BCUT2D eigenvalue weighted by Gasteiger charge is -2.12. The van der Waals surface area contributed by atoms with Crippen LogP contribution >= 0.6 is 23.1 Å². The molecule has 0 aliphatic carbocycles. The Morgan fingerprint density at radius 1 is 1.17 bits per heavy atom. The Labute approximate surface area is 176 Å². The number of benzene rings is 1. The van der Waals surface area contributed by atoms with Crippen LogP contribution in [0.15, 0.2) is 79.7 Å². The summed E-state index contributed by atoms with van der Waals surface area (Å²) in [6.07, 6.45) is 5.07. The lowest BCUT2D eigenvalue weighted by Crippen LogP contribution is -2.28. The maximum atomic E-state index is 12.9. The van der Waals surface area contributed by atoms with Gasteiger partial charge in [-0.15, -0.1) is 16.4 Å². The van der Waals surface area contributed by atoms with E-state index in [1.54, 1.807) is 41.9 Å². The molecular weight excluding hydrogens is 406 g/mol. The van der Waals surface area contributed by atoms with Crippen LogP contribution in [0.2, 0.25) is 0 Å². The summed E-state index contributed by atoms with van der Waals surface area (Å²) in [5.74, 6) is 1.26. The number of nitrogens with zero attached hydrogens (tertiary/aromatic N) is 3. The zero-order chi connectivity index (χ0) is 20.1. The van der Waals surface area contributed by atoms with Gasteiger partial charge in [0.25, 0.3) is 5.91 Å². The number of methoxy groups -OCH3 is 1. The van der Waals surface area contributed by atoms with Crippen molar-refractivity contribution in [2.24, 2.45) is 10.2 Å². The number of ether oxygens (including phenoxy) is 1. The molecule has 0 N–H and O–H groups in total. The normalized spacial score (nSPS) is 17.1. The van der Waals surface area contributed by atoms with Crippen LogP contribution < -0.4 is 4.74 Å². The van der Waals surface area contributed by atoms with E-state index in [1.807, 2.05) is 53.9 Å². The molecule has 3 aromatic rings. The van der Waals surface area contributed by atoms with Crippen molar-refractivity contribution in [3.05, 3.63) is 81.3 Å². The van der Waals surface area contributed by atoms with Gasteiger partial charge in [-0.2, -0.15) is 5.10 Å². The number of amidine groups is 1. The highest BCUT2D eigenvalue weighted by molar-refractivity contribution is 8.18. The molecule has 2 aromatic heterocycles. The van der Waals surface area contributed by atoms with Crippen LogP contribution in [0.5, 0.6) is 5.75 Å². The highest BCUT2D eigenvalue weighted by Gasteiger charge is 2.34. The second-order valence-corrected chi connectivity index (χ2v) is 7.95. The van der Waals surface area contributed by atoms with Crippen molar-refractivity contribution < 1.29 is 13.9 Å². The molecule has 4 rings (SSSR count). The van der Waals surface area contributed by atoms with Gasteiger partial charge < -0.3 is 9.15 Å². The quantitative estimate of drug-likeness (QED) is 0.323. The first-order chi connectivity index (χ1) is 14.2. The molecular formula is C21H17N3O3S2. The molecule has 29 heavy (non-hydrogen) atoms. The molecule has 1 aliphatic rings. The SMILES string of the molecule is COc1ccccc1/C=N\N=C1\S/C(=C\c2cccs2)C(=O)N1Cc1ccco1. The van der Waals surface area contributed by atoms with Gasteiger partial charge in [-0.3, -0.25) is 9.69 Å². The fourth-order valence-corrected chi connectivity index (χ4v) is 4.35. The van der Waals surface area contributed by atoms with Crippen LogP contribution in [-0.4, -0.2) is 29.3 Å². The van der Waals surface area contributed by atoms with Crippen LogP contribution in [0, 0.1) is 0 Å². The first kappa shape index (κ1) is 19.2. The molecule has 1 amide bonds. The maximum absolute atomic E-state index is 12.9. The first-order valence-electron chi connectivity index (χ1n) is 8.76. The van der Waals surface area contributed by atoms with E-state index in [-0.39, 0.29) is 5.91 Å². The van der Waals surface area contributed by atoms with Crippen LogP contribution in [0.1, 0.15) is 16.2 Å². The molecule has 0 atom stereocenters. The third kappa shape index (κ3) is 4.49. The van der Waals surface area contributed by atoms with Crippen LogP contribution in [0.25, 0.3) is 6.08 Å². The van der Waals surface area contributed by atoms with Gasteiger partial charge in [0.15, 0.2) is 5.17 Å². The number of carbonyl (C=O) groups is 1. The van der Waals surface area contributed by atoms with Crippen LogP contribution in [-0.2, 0) is 11.3 Å². The zero-order valence-electron chi connectivity index (χ0n) is 15.5. The number of furan rings is 1. The second-order valence-electron chi connectivity index (χ2n) is 5.97. The predicted molar refractivity (Wildman–Crippen MR) is 117 cm³/mol. The van der Waals surface area contributed by atoms with E-state index in [0.29, 0.717) is 28.1 Å². The minimum absolute atomic E-state index is 0.119. The average molecular weight is 424 g/mol. The third-order valence-electron chi connectivity index (χ3n) is 4.08. The topological polar surface area (TPSA) is 67.4 Å². The van der Waals surface area contributed by atoms with Crippen molar-refractivity contribution >= 4 is 46.5 Å². The van der Waals surface area contributed by atoms with Gasteiger partial charge in [0.1, 0.15) is 11.5 Å². The van der Waals surface area contributed by atoms with E-state index in [2.05, 4.69) is 10.2 Å². The van der Waals surface area contributed by atoms with E-state index >= 15 is 0 Å². The number of thioether (sulfide) groups is 1. The Morgan fingerprint density at radius 3 is 2.83 bits per heavy atom. The molecule has 1 aromatic carbocycles. The Hall–Kier alpha value is -3.10. The third-order valence-corrected chi connectivity index (χ3v) is 5.89. The number of amides is 1. The molecule has 1 aliphatic heterocycles. The van der Waals surface area contributed by atoms with E-state index in [9.17, 15) is 4.79 Å². The Morgan fingerprint density at radius 2 is 2.07 bits per heavy atom. The van der Waals surface area contributed by atoms with E-state index in [4.69, 9.17) is 9.15 Å². The highest BCUT2D eigenvalue weighted by atomic mass is 32.2. The molecule has 6 nitrogen and oxygen atoms in total. The van der Waals surface area contributed by atoms with Crippen LogP contribution in [0.4, 0.5) is 0 Å². The van der Waals surface area contributed by atoms with E-state index in [1.165, 1.54) is 11.8 Å². The smallest absolute Gasteiger partial charge is 0.267 e. The van der Waals surface area contributed by atoms with Gasteiger partial charge >= 0.3 is 0 Å². The van der Waals surface area contributed by atoms with Gasteiger partial charge in [-0.25, -0.2) is 0 Å². The Bertz CT molecular complexity index is 1070. The zero-order valence-corrected chi connectivity index (χ0v) is 17.2. The molecule has 3 heterocycles. The van der Waals surface area contributed by atoms with Crippen molar-refractivity contribution in [3.63, 3.8) is 0 Å². The van der Waals surface area contributed by atoms with Gasteiger partial charge in [-0.1, -0.05) is 18.2 Å². The molecule has 8 heteroatoms. The summed E-state index contributed by atoms with van der Waals surface area (Å²) in [5.41, 5.74) is 0.806. The van der Waals surface area contributed by atoms with Crippen molar-refractivity contribution in [1.29, 1.82) is 0 Å². The number of para-hydroxylation sites is 1. The fraction of sp³-hybridized carbons (Fsp3) is 0.0952. The number of carbonyl (C=O) groups excluding carboxylic acids is 1. The van der Waals surface area contributed by atoms with Crippen LogP contribution in [0.3, 0.4) is 0 Å². The Balaban J connectivity index is 1.62. The summed E-state index contributed by atoms with van der Waals surface area (Å²) >= 11 is 2.88. The summed E-state index contributed by atoms with van der Waals surface area (Å²) in [7, 11) is 1.61. The first-order valence-corrected chi connectivity index (χ1v) is 10.5. The number of hydrogen-bond acceptors (Lipinski definition) is 7. The van der Waals surface area contributed by atoms with Gasteiger partial charge in [0.05, 0.1) is 31.0 Å². The molecule has 0 spiro atoms. The molecule has 0 radical (unpaired) electrons. The molecule has 0 saturated carbocycles. The van der Waals surface area contributed by atoms with Crippen molar-refractivity contribution in [2.45, 2.75) is 6.54 Å². The van der Waals surface area contributed by atoms with E-state index in [0.717, 1.165) is 10.4 Å². The fourth-order valence-electron chi connectivity index (χ4n) is 2.70. The Kier molecular flexibility index (Phi) is 5.92. The molecule has 1 fully saturated rings. The number of thiophene rings is 1. The molecule has 146 valence electrons. The second kappa shape index (κ2) is 8.93. The van der Waals surface area contributed by atoms with Crippen molar-refractivity contribution in [3.8, 4) is 5.75 Å². The van der Waals surface area contributed by atoms with Gasteiger partial charge in [0.2, 0.25) is 0 Å². The monoisotopic (exact) mass is 423 g/mol. The summed E-state index contributed by atoms with van der Waals surface area (Å²) in [5, 5.41) is 11.0. The van der Waals surface area contributed by atoms with Crippen molar-refractivity contribution in [1.82, 2.24) is 4.90 Å². The molecule has 0 unspecified atom stereocenters. The van der Waals surface area contributed by atoms with E-state index < -0.39 is 0 Å². The van der Waals surface area contributed by atoms with Crippen molar-refractivity contribution in [2.75, 3.05) is 7.11 Å². The number of rotatable bonds is 6. The predicted octanol–water partition coefficient (Wildman–Crippen LogP) is 4.86. The molecule has 1 saturated heterocycles. The number of hydrogen-bond donors (Lipinski definition) is 0. The lowest BCUT2D eigenvalue weighted by molar-refractivity contribution is -0.122. The molecule has 0 bridgehead atoms. The maximum Gasteiger partial charge on any atom is 0.267 e. The van der Waals surface area contributed by atoms with Gasteiger partial charge in [-0.05, 0) is 53.5 Å². The lowest BCUT2D eigenvalue weighted by atomic mass is 10.2. The highest BCUT2D eigenvalue weighted by Crippen LogP contribution is 2.34. The van der Waals surface area contributed by atoms with Gasteiger partial charge in [0, 0.05) is 10.4 Å². The summed E-state index contributed by atoms with van der Waals surface area (Å²) in [6.45, 7) is 0.295. The summed E-state index contributed by atoms with van der Waals surface area (Å²) < 4.78 is 10.7. The summed E-state index contributed by atoms with van der Waals surface area (Å²) in [6, 6.07) is 15.1. The standard InChI is InChI=1S/C21H17N3O3S2/c1-26-18-9-3-2-6-15(18)13-22-23-21-24(14-16-7-4-10-27-16)20(25)19(29-21)12-17-8-5-11-28-17/h2-13H,14H2,1H3/b19-12-,22-13-,23-21+.